The van der Waals surface area contributed by atoms with Gasteiger partial charge in [-0.05, 0) is 55.9 Å². The molecular formula is C34H38F5N5O4SSi. The zero-order chi connectivity index (χ0) is 36.8. The van der Waals surface area contributed by atoms with E-state index in [1.54, 1.807) is 29.0 Å². The molecule has 9 nitrogen and oxygen atoms in total. The minimum absolute atomic E-state index is 0.0600. The van der Waals surface area contributed by atoms with Crippen LogP contribution in [-0.4, -0.2) is 59.9 Å². The van der Waals surface area contributed by atoms with Gasteiger partial charge in [-0.15, -0.1) is 0 Å². The fraction of sp³-hybridized carbons (Fsp3) is 0.382. The number of nitrogens with zero attached hydrogens (tertiary/aromatic N) is 3. The number of nitrogens with one attached hydrogen (secondary N) is 2. The van der Waals surface area contributed by atoms with Crippen LogP contribution in [0.3, 0.4) is 0 Å². The quantitative estimate of drug-likeness (QED) is 0.0511. The first-order chi connectivity index (χ1) is 23.5. The molecule has 0 saturated carbocycles. The standard InChI is InChI=1S/C34H38F5N5O4SSi/c1-20(2)47-28-7-6-21(12-22(28)15-40)25-17-44(19-46-10-11-50(3,4)5)32-30(25)29(8-9-41-32)48-31-26(35)13-24(14-27(31)36)43-33(49)42-16-23(18-45)34(37,38)39/h6-9,12-14,17,20,23,45H,10-11,16,18-19H2,1-5H3,(H2,42,43,49). The lowest BCUT2D eigenvalue weighted by Gasteiger charge is -2.19. The van der Waals surface area contributed by atoms with E-state index in [-0.39, 0.29) is 34.9 Å². The number of hydrogen-bond donors (Lipinski definition) is 3. The number of pyridine rings is 1. The van der Waals surface area contributed by atoms with E-state index in [4.69, 9.17) is 31.5 Å². The Bertz CT molecular complexity index is 1850. The fourth-order valence-electron chi connectivity index (χ4n) is 4.79. The average molecular weight is 736 g/mol. The fourth-order valence-corrected chi connectivity index (χ4v) is 5.74. The van der Waals surface area contributed by atoms with Crippen molar-refractivity contribution in [1.82, 2.24) is 14.9 Å². The zero-order valence-electron chi connectivity index (χ0n) is 28.1. The van der Waals surface area contributed by atoms with E-state index in [0.717, 1.165) is 18.2 Å². The van der Waals surface area contributed by atoms with Crippen molar-refractivity contribution in [2.45, 2.75) is 58.5 Å². The van der Waals surface area contributed by atoms with Gasteiger partial charge in [-0.25, -0.2) is 13.8 Å². The Kier molecular flexibility index (Phi) is 12.4. The van der Waals surface area contributed by atoms with Gasteiger partial charge in [0.1, 0.15) is 29.9 Å². The molecule has 1 atom stereocenters. The van der Waals surface area contributed by atoms with Crippen molar-refractivity contribution >= 4 is 42.1 Å². The van der Waals surface area contributed by atoms with E-state index >= 15 is 8.78 Å². The van der Waals surface area contributed by atoms with Gasteiger partial charge in [0.2, 0.25) is 0 Å². The van der Waals surface area contributed by atoms with Crippen LogP contribution in [0.5, 0.6) is 17.2 Å². The van der Waals surface area contributed by atoms with Gasteiger partial charge in [0.25, 0.3) is 0 Å². The van der Waals surface area contributed by atoms with Crippen molar-refractivity contribution in [3.05, 3.63) is 66.0 Å². The number of benzene rings is 2. The Hall–Kier alpha value is -4.30. The molecular weight excluding hydrogens is 698 g/mol. The Morgan fingerprint density at radius 3 is 2.40 bits per heavy atom. The molecule has 0 saturated heterocycles. The topological polar surface area (TPSA) is 114 Å². The van der Waals surface area contributed by atoms with Gasteiger partial charge in [0.15, 0.2) is 22.5 Å². The highest BCUT2D eigenvalue weighted by Gasteiger charge is 2.39. The lowest BCUT2D eigenvalue weighted by molar-refractivity contribution is -0.181. The summed E-state index contributed by atoms with van der Waals surface area (Å²) in [6.45, 7) is 9.16. The summed E-state index contributed by atoms with van der Waals surface area (Å²) in [4.78, 5) is 4.52. The SMILES string of the molecule is CC(C)Oc1ccc(-c2cn(COCC[Si](C)(C)C)c3nccc(Oc4c(F)cc(NC(=S)NCC(CO)C(F)(F)F)cc4F)c23)cc1C#N. The summed E-state index contributed by atoms with van der Waals surface area (Å²) in [5.41, 5.74) is 1.65. The minimum Gasteiger partial charge on any atom is -0.490 e. The molecule has 0 aliphatic carbocycles. The first kappa shape index (κ1) is 38.5. The van der Waals surface area contributed by atoms with E-state index in [2.05, 4.69) is 41.3 Å². The number of rotatable bonds is 14. The summed E-state index contributed by atoms with van der Waals surface area (Å²) < 4.78 is 89.0. The highest BCUT2D eigenvalue weighted by molar-refractivity contribution is 7.80. The van der Waals surface area contributed by atoms with Crippen molar-refractivity contribution in [2.24, 2.45) is 5.92 Å². The molecule has 50 heavy (non-hydrogen) atoms. The molecule has 268 valence electrons. The summed E-state index contributed by atoms with van der Waals surface area (Å²) in [7, 11) is -1.37. The number of halogens is 5. The van der Waals surface area contributed by atoms with Crippen molar-refractivity contribution in [1.29, 1.82) is 5.26 Å². The molecule has 2 heterocycles. The normalized spacial score (nSPS) is 12.5. The van der Waals surface area contributed by atoms with Crippen molar-refractivity contribution in [3.63, 3.8) is 0 Å². The van der Waals surface area contributed by atoms with Gasteiger partial charge in [-0.2, -0.15) is 18.4 Å². The van der Waals surface area contributed by atoms with Crippen LogP contribution in [0.1, 0.15) is 19.4 Å². The lowest BCUT2D eigenvalue weighted by atomic mass is 10.0. The molecule has 2 aromatic carbocycles. The maximum atomic E-state index is 15.4. The number of anilines is 1. The second-order valence-corrected chi connectivity index (χ2v) is 19.0. The van der Waals surface area contributed by atoms with Crippen LogP contribution < -0.4 is 20.1 Å². The van der Waals surface area contributed by atoms with Crippen molar-refractivity contribution in [3.8, 4) is 34.4 Å². The second kappa shape index (κ2) is 16.1. The number of aliphatic hydroxyl groups excluding tert-OH is 1. The number of aromatic nitrogens is 2. The molecule has 0 spiro atoms. The molecule has 0 aliphatic rings. The predicted molar refractivity (Wildman–Crippen MR) is 187 cm³/mol. The number of alkyl halides is 3. The summed E-state index contributed by atoms with van der Waals surface area (Å²) in [6.07, 6.45) is -1.64. The number of fused-ring (bicyclic) bond motifs is 1. The summed E-state index contributed by atoms with van der Waals surface area (Å²) in [5.74, 6) is -4.62. The Labute approximate surface area is 293 Å². The summed E-state index contributed by atoms with van der Waals surface area (Å²) in [5, 5.41) is 23.7. The van der Waals surface area contributed by atoms with Gasteiger partial charge in [-0.1, -0.05) is 25.7 Å². The molecule has 4 aromatic rings. The maximum Gasteiger partial charge on any atom is 0.395 e. The first-order valence-electron chi connectivity index (χ1n) is 15.7. The Balaban J connectivity index is 1.68. The van der Waals surface area contributed by atoms with E-state index in [9.17, 15) is 18.4 Å². The smallest absolute Gasteiger partial charge is 0.395 e. The Morgan fingerprint density at radius 1 is 1.10 bits per heavy atom. The van der Waals surface area contributed by atoms with Crippen LogP contribution in [0, 0.1) is 28.9 Å². The minimum atomic E-state index is -4.67. The number of hydrogen-bond acceptors (Lipinski definition) is 7. The second-order valence-electron chi connectivity index (χ2n) is 13.0. The third-order valence-electron chi connectivity index (χ3n) is 7.38. The van der Waals surface area contributed by atoms with Gasteiger partial charge >= 0.3 is 6.18 Å². The largest absolute Gasteiger partial charge is 0.490 e. The van der Waals surface area contributed by atoms with Crippen LogP contribution in [0.15, 0.2) is 48.8 Å². The molecule has 0 bridgehead atoms. The van der Waals surface area contributed by atoms with Crippen LogP contribution in [0.2, 0.25) is 25.7 Å². The van der Waals surface area contributed by atoms with E-state index in [0.29, 0.717) is 34.5 Å². The van der Waals surface area contributed by atoms with Crippen LogP contribution in [0.4, 0.5) is 27.6 Å². The van der Waals surface area contributed by atoms with Crippen molar-refractivity contribution in [2.75, 3.05) is 25.1 Å². The van der Waals surface area contributed by atoms with Gasteiger partial charge in [-0.3, -0.25) is 0 Å². The highest BCUT2D eigenvalue weighted by Crippen LogP contribution is 2.41. The van der Waals surface area contributed by atoms with E-state index in [1.807, 2.05) is 13.8 Å². The molecule has 0 radical (unpaired) electrons. The van der Waals surface area contributed by atoms with Gasteiger partial charge < -0.3 is 34.5 Å². The monoisotopic (exact) mass is 735 g/mol. The van der Waals surface area contributed by atoms with Crippen LogP contribution in [-0.2, 0) is 11.5 Å². The molecule has 0 fully saturated rings. The molecule has 0 aliphatic heterocycles. The number of thiocarbonyl (C=S) groups is 1. The van der Waals surface area contributed by atoms with Gasteiger partial charge in [0.05, 0.1) is 29.6 Å². The maximum absolute atomic E-state index is 15.4. The highest BCUT2D eigenvalue weighted by atomic mass is 32.1. The third-order valence-corrected chi connectivity index (χ3v) is 9.33. The van der Waals surface area contributed by atoms with Gasteiger partial charge in [0, 0.05) is 57.0 Å². The molecule has 0 amide bonds. The predicted octanol–water partition coefficient (Wildman–Crippen LogP) is 8.20. The van der Waals surface area contributed by atoms with E-state index in [1.165, 1.54) is 12.3 Å². The number of ether oxygens (including phenoxy) is 3. The lowest BCUT2D eigenvalue weighted by Crippen LogP contribution is -2.40. The van der Waals surface area contributed by atoms with E-state index < -0.39 is 50.7 Å². The molecule has 16 heteroatoms. The van der Waals surface area contributed by atoms with Crippen LogP contribution in [0.25, 0.3) is 22.2 Å². The van der Waals surface area contributed by atoms with Crippen LogP contribution >= 0.6 is 12.2 Å². The molecule has 2 aromatic heterocycles. The van der Waals surface area contributed by atoms with Crippen molar-refractivity contribution < 1.29 is 41.3 Å². The molecule has 1 unspecified atom stereocenters. The molecule has 3 N–H and O–H groups in total. The third kappa shape index (κ3) is 9.90. The average Bonchev–Trinajstić information content (AvgIpc) is 3.39. The zero-order valence-corrected chi connectivity index (χ0v) is 29.9. The number of nitriles is 1. The first-order valence-corrected chi connectivity index (χ1v) is 19.8. The number of aliphatic hydroxyl groups is 1. The molecule has 4 rings (SSSR count). The Morgan fingerprint density at radius 2 is 1.80 bits per heavy atom. The summed E-state index contributed by atoms with van der Waals surface area (Å²) in [6, 6.07) is 11.4. The summed E-state index contributed by atoms with van der Waals surface area (Å²) >= 11 is 4.97.